The largest absolute Gasteiger partial charge is 0.459 e. The Hall–Kier alpha value is -1.77. The normalized spacial score (nSPS) is 10.9. The molecule has 0 atom stereocenters. The van der Waals surface area contributed by atoms with Gasteiger partial charge in [0.1, 0.15) is 17.0 Å². The van der Waals surface area contributed by atoms with E-state index in [0.717, 1.165) is 11.1 Å². The Balaban J connectivity index is 3.06. The molecule has 2 N–H and O–H groups in total. The molecular formula is C12H13NO2. The van der Waals surface area contributed by atoms with Gasteiger partial charge in [-0.15, -0.1) is 0 Å². The topological polar surface area (TPSA) is 56.2 Å². The average molecular weight is 203 g/mol. The van der Waals surface area contributed by atoms with Gasteiger partial charge in [-0.05, 0) is 38.0 Å². The molecular weight excluding hydrogens is 190 g/mol. The van der Waals surface area contributed by atoms with Gasteiger partial charge in [-0.1, -0.05) is 6.07 Å². The van der Waals surface area contributed by atoms with Gasteiger partial charge in [0.25, 0.3) is 0 Å². The van der Waals surface area contributed by atoms with Crippen LogP contribution in [-0.2, 0) is 0 Å². The number of nitrogens with two attached hydrogens (primary N) is 1. The molecule has 0 aliphatic rings. The molecule has 3 heteroatoms. The number of nitrogen functional groups attached to an aromatic ring is 1. The Morgan fingerprint density at radius 1 is 1.20 bits per heavy atom. The quantitative estimate of drug-likeness (QED) is 0.714. The van der Waals surface area contributed by atoms with Crippen molar-refractivity contribution in [2.45, 2.75) is 20.8 Å². The predicted octanol–water partition coefficient (Wildman–Crippen LogP) is 2.30. The molecule has 0 fully saturated rings. The third-order valence-electron chi connectivity index (χ3n) is 2.54. The monoisotopic (exact) mass is 203 g/mol. The van der Waals surface area contributed by atoms with E-state index in [-0.39, 0.29) is 11.1 Å². The summed E-state index contributed by atoms with van der Waals surface area (Å²) in [4.78, 5) is 11.9. The molecule has 15 heavy (non-hydrogen) atoms. The molecule has 1 aromatic heterocycles. The van der Waals surface area contributed by atoms with Crippen LogP contribution in [0.15, 0.2) is 21.3 Å². The van der Waals surface area contributed by atoms with Gasteiger partial charge < -0.3 is 10.2 Å². The van der Waals surface area contributed by atoms with Gasteiger partial charge in [0, 0.05) is 0 Å². The van der Waals surface area contributed by atoms with Crippen molar-refractivity contribution in [1.29, 1.82) is 0 Å². The summed E-state index contributed by atoms with van der Waals surface area (Å²) in [7, 11) is 0. The predicted molar refractivity (Wildman–Crippen MR) is 61.1 cm³/mol. The summed E-state index contributed by atoms with van der Waals surface area (Å²) in [5.74, 6) is 0.486. The summed E-state index contributed by atoms with van der Waals surface area (Å²) in [6.07, 6.45) is 0. The summed E-state index contributed by atoms with van der Waals surface area (Å²) in [5, 5.41) is 0.565. The van der Waals surface area contributed by atoms with Crippen molar-refractivity contribution in [2.75, 3.05) is 5.73 Å². The van der Waals surface area contributed by atoms with Gasteiger partial charge in [0.05, 0.1) is 5.39 Å². The van der Waals surface area contributed by atoms with E-state index in [4.69, 9.17) is 10.2 Å². The zero-order valence-electron chi connectivity index (χ0n) is 9.05. The second-order valence-corrected chi connectivity index (χ2v) is 3.86. The number of rotatable bonds is 0. The van der Waals surface area contributed by atoms with Crippen LogP contribution >= 0.6 is 0 Å². The lowest BCUT2D eigenvalue weighted by molar-refractivity contribution is 0.565. The molecule has 0 saturated heterocycles. The number of anilines is 1. The van der Waals surface area contributed by atoms with E-state index in [0.29, 0.717) is 16.7 Å². The van der Waals surface area contributed by atoms with Crippen molar-refractivity contribution in [3.05, 3.63) is 39.2 Å². The Labute approximate surface area is 87.5 Å². The number of benzene rings is 1. The Morgan fingerprint density at radius 2 is 1.87 bits per heavy atom. The lowest BCUT2D eigenvalue weighted by Crippen LogP contribution is -2.10. The summed E-state index contributed by atoms with van der Waals surface area (Å²) in [6, 6.07) is 3.80. The first-order valence-electron chi connectivity index (χ1n) is 4.81. The Kier molecular flexibility index (Phi) is 2.03. The van der Waals surface area contributed by atoms with Crippen LogP contribution in [-0.4, -0.2) is 0 Å². The van der Waals surface area contributed by atoms with Crippen LogP contribution in [0, 0.1) is 20.8 Å². The molecule has 3 nitrogen and oxygen atoms in total. The summed E-state index contributed by atoms with van der Waals surface area (Å²) >= 11 is 0. The summed E-state index contributed by atoms with van der Waals surface area (Å²) < 4.78 is 5.53. The van der Waals surface area contributed by atoms with Gasteiger partial charge in [-0.3, -0.25) is 4.79 Å². The number of hydrogen-bond donors (Lipinski definition) is 1. The van der Waals surface area contributed by atoms with Crippen molar-refractivity contribution in [3.8, 4) is 0 Å². The van der Waals surface area contributed by atoms with Crippen molar-refractivity contribution in [1.82, 2.24) is 0 Å². The molecule has 0 bridgehead atoms. The minimum atomic E-state index is -0.138. The second kappa shape index (κ2) is 3.12. The van der Waals surface area contributed by atoms with Gasteiger partial charge in [-0.25, -0.2) is 0 Å². The molecule has 0 saturated carbocycles. The van der Waals surface area contributed by atoms with E-state index in [1.165, 1.54) is 0 Å². The first-order valence-corrected chi connectivity index (χ1v) is 4.81. The van der Waals surface area contributed by atoms with Crippen molar-refractivity contribution >= 4 is 16.7 Å². The molecule has 2 rings (SSSR count). The van der Waals surface area contributed by atoms with Gasteiger partial charge >= 0.3 is 0 Å². The standard InChI is InChI=1S/C12H13NO2/c1-6-4-7(2)12-9(5-6)11(14)10(13)8(3)15-12/h4-5H,13H2,1-3H3. The molecule has 78 valence electrons. The van der Waals surface area contributed by atoms with Crippen LogP contribution in [0.1, 0.15) is 16.9 Å². The highest BCUT2D eigenvalue weighted by molar-refractivity contribution is 5.83. The van der Waals surface area contributed by atoms with E-state index < -0.39 is 0 Å². The maximum absolute atomic E-state index is 11.9. The second-order valence-electron chi connectivity index (χ2n) is 3.86. The number of aryl methyl sites for hydroxylation is 3. The first-order chi connectivity index (χ1) is 7.00. The molecule has 0 aliphatic carbocycles. The third kappa shape index (κ3) is 1.40. The van der Waals surface area contributed by atoms with Crippen LogP contribution in [0.2, 0.25) is 0 Å². The minimum Gasteiger partial charge on any atom is -0.459 e. The highest BCUT2D eigenvalue weighted by atomic mass is 16.3. The fourth-order valence-electron chi connectivity index (χ4n) is 1.77. The fraction of sp³-hybridized carbons (Fsp3) is 0.250. The third-order valence-corrected chi connectivity index (χ3v) is 2.54. The minimum absolute atomic E-state index is 0.138. The van der Waals surface area contributed by atoms with E-state index in [2.05, 4.69) is 0 Å². The number of hydrogen-bond acceptors (Lipinski definition) is 3. The lowest BCUT2D eigenvalue weighted by atomic mass is 10.1. The summed E-state index contributed by atoms with van der Waals surface area (Å²) in [6.45, 7) is 5.57. The molecule has 0 aliphatic heterocycles. The lowest BCUT2D eigenvalue weighted by Gasteiger charge is -2.05. The molecule has 0 radical (unpaired) electrons. The first kappa shape index (κ1) is 9.77. The van der Waals surface area contributed by atoms with Crippen LogP contribution in [0.4, 0.5) is 5.69 Å². The van der Waals surface area contributed by atoms with Crippen LogP contribution in [0.25, 0.3) is 11.0 Å². The Bertz CT molecular complexity index is 597. The Morgan fingerprint density at radius 3 is 2.53 bits per heavy atom. The maximum atomic E-state index is 11.9. The fourth-order valence-corrected chi connectivity index (χ4v) is 1.77. The van der Waals surface area contributed by atoms with Gasteiger partial charge in [-0.2, -0.15) is 0 Å². The average Bonchev–Trinajstić information content (AvgIpc) is 2.17. The summed E-state index contributed by atoms with van der Waals surface area (Å²) in [5.41, 5.74) is 8.34. The smallest absolute Gasteiger partial charge is 0.215 e. The van der Waals surface area contributed by atoms with E-state index in [9.17, 15) is 4.79 Å². The highest BCUT2D eigenvalue weighted by Gasteiger charge is 2.10. The maximum Gasteiger partial charge on any atom is 0.215 e. The molecule has 0 amide bonds. The van der Waals surface area contributed by atoms with E-state index in [1.54, 1.807) is 6.92 Å². The van der Waals surface area contributed by atoms with Crippen LogP contribution in [0.5, 0.6) is 0 Å². The zero-order chi connectivity index (χ0) is 11.2. The molecule has 1 aromatic carbocycles. The van der Waals surface area contributed by atoms with Gasteiger partial charge in [0.2, 0.25) is 5.43 Å². The van der Waals surface area contributed by atoms with Crippen molar-refractivity contribution in [2.24, 2.45) is 0 Å². The number of fused-ring (bicyclic) bond motifs is 1. The SMILES string of the molecule is Cc1cc(C)c2oc(C)c(N)c(=O)c2c1. The highest BCUT2D eigenvalue weighted by Crippen LogP contribution is 2.21. The van der Waals surface area contributed by atoms with Crippen LogP contribution in [0.3, 0.4) is 0 Å². The van der Waals surface area contributed by atoms with Crippen molar-refractivity contribution < 1.29 is 4.42 Å². The molecule has 1 heterocycles. The molecule has 0 spiro atoms. The molecule has 2 aromatic rings. The molecule has 0 unspecified atom stereocenters. The zero-order valence-corrected chi connectivity index (χ0v) is 9.05. The van der Waals surface area contributed by atoms with Crippen LogP contribution < -0.4 is 11.2 Å². The van der Waals surface area contributed by atoms with E-state index >= 15 is 0 Å². The van der Waals surface area contributed by atoms with Gasteiger partial charge in [0.15, 0.2) is 0 Å². The van der Waals surface area contributed by atoms with E-state index in [1.807, 2.05) is 26.0 Å². The van der Waals surface area contributed by atoms with Crippen molar-refractivity contribution in [3.63, 3.8) is 0 Å².